The summed E-state index contributed by atoms with van der Waals surface area (Å²) in [6.45, 7) is 3.81. The van der Waals surface area contributed by atoms with E-state index in [2.05, 4.69) is 10.00 Å². The Bertz CT molecular complexity index is 391. The van der Waals surface area contributed by atoms with Gasteiger partial charge in [-0.3, -0.25) is 4.90 Å². The smallest absolute Gasteiger partial charge is 0.198 e. The van der Waals surface area contributed by atoms with Crippen LogP contribution in [0.2, 0.25) is 0 Å². The summed E-state index contributed by atoms with van der Waals surface area (Å²) in [5.74, 6) is 0. The van der Waals surface area contributed by atoms with Gasteiger partial charge in [-0.2, -0.15) is 5.10 Å². The molecular formula is C11H22N4O2S. The Kier molecular flexibility index (Phi) is 7.11. The second-order valence-electron chi connectivity index (χ2n) is 4.17. The number of aromatic nitrogens is 3. The third-order valence-electron chi connectivity index (χ3n) is 2.60. The standard InChI is InChI=1S/C11H22N4O2S/c1-13(5-4-7-16-2)10-15-11(18)14(9-12-15)6-8-17-3/h9H,4-8,10H2,1-3H3. The highest BCUT2D eigenvalue weighted by Gasteiger charge is 2.04. The first-order valence-corrected chi connectivity index (χ1v) is 6.38. The van der Waals surface area contributed by atoms with Gasteiger partial charge in [0, 0.05) is 33.9 Å². The minimum atomic E-state index is 0.643. The van der Waals surface area contributed by atoms with Crippen LogP contribution in [0.1, 0.15) is 6.42 Å². The van der Waals surface area contributed by atoms with Gasteiger partial charge in [0.15, 0.2) is 4.77 Å². The first-order valence-electron chi connectivity index (χ1n) is 5.97. The van der Waals surface area contributed by atoms with Crippen molar-refractivity contribution < 1.29 is 9.47 Å². The number of nitrogens with zero attached hydrogens (tertiary/aromatic N) is 4. The van der Waals surface area contributed by atoms with Crippen LogP contribution in [-0.2, 0) is 22.7 Å². The molecule has 1 aromatic rings. The summed E-state index contributed by atoms with van der Waals surface area (Å²) in [6.07, 6.45) is 2.76. The van der Waals surface area contributed by atoms with E-state index in [0.29, 0.717) is 13.3 Å². The normalized spacial score (nSPS) is 11.3. The molecule has 0 amide bonds. The monoisotopic (exact) mass is 274 g/mol. The Morgan fingerprint density at radius 2 is 2.06 bits per heavy atom. The second kappa shape index (κ2) is 8.36. The fourth-order valence-corrected chi connectivity index (χ4v) is 1.83. The van der Waals surface area contributed by atoms with Crippen LogP contribution in [0.25, 0.3) is 0 Å². The van der Waals surface area contributed by atoms with Gasteiger partial charge in [-0.05, 0) is 25.7 Å². The maximum atomic E-state index is 5.35. The van der Waals surface area contributed by atoms with Crippen LogP contribution < -0.4 is 0 Å². The van der Waals surface area contributed by atoms with Gasteiger partial charge < -0.3 is 14.0 Å². The van der Waals surface area contributed by atoms with E-state index in [-0.39, 0.29) is 0 Å². The summed E-state index contributed by atoms with van der Waals surface area (Å²) in [4.78, 5) is 2.17. The van der Waals surface area contributed by atoms with Gasteiger partial charge in [0.25, 0.3) is 0 Å². The summed E-state index contributed by atoms with van der Waals surface area (Å²) in [5.41, 5.74) is 0. The van der Waals surface area contributed by atoms with Crippen LogP contribution in [0.15, 0.2) is 6.33 Å². The van der Waals surface area contributed by atoms with Gasteiger partial charge in [-0.1, -0.05) is 0 Å². The maximum absolute atomic E-state index is 5.35. The maximum Gasteiger partial charge on any atom is 0.198 e. The van der Waals surface area contributed by atoms with E-state index >= 15 is 0 Å². The molecule has 0 atom stereocenters. The molecule has 0 aliphatic rings. The Labute approximate surface area is 113 Å². The lowest BCUT2D eigenvalue weighted by molar-refractivity contribution is 0.167. The zero-order chi connectivity index (χ0) is 13.4. The van der Waals surface area contributed by atoms with Gasteiger partial charge in [-0.15, -0.1) is 0 Å². The lowest BCUT2D eigenvalue weighted by Crippen LogP contribution is -2.24. The first-order chi connectivity index (χ1) is 8.69. The molecule has 7 heteroatoms. The van der Waals surface area contributed by atoms with Crippen LogP contribution in [-0.4, -0.2) is 60.3 Å². The number of rotatable bonds is 9. The van der Waals surface area contributed by atoms with Crippen molar-refractivity contribution in [2.24, 2.45) is 0 Å². The minimum absolute atomic E-state index is 0.643. The molecule has 0 unspecified atom stereocenters. The van der Waals surface area contributed by atoms with E-state index in [4.69, 9.17) is 21.7 Å². The Morgan fingerprint density at radius 1 is 1.33 bits per heavy atom. The summed E-state index contributed by atoms with van der Waals surface area (Å²) in [5, 5.41) is 4.28. The van der Waals surface area contributed by atoms with E-state index in [0.717, 1.165) is 30.9 Å². The van der Waals surface area contributed by atoms with Crippen molar-refractivity contribution in [1.82, 2.24) is 19.2 Å². The molecule has 0 saturated heterocycles. The lowest BCUT2D eigenvalue weighted by atomic mass is 10.4. The molecule has 1 aromatic heterocycles. The molecule has 6 nitrogen and oxygen atoms in total. The van der Waals surface area contributed by atoms with Gasteiger partial charge in [0.1, 0.15) is 6.33 Å². The predicted molar refractivity (Wildman–Crippen MR) is 72.1 cm³/mol. The van der Waals surface area contributed by atoms with E-state index in [1.54, 1.807) is 20.5 Å². The minimum Gasteiger partial charge on any atom is -0.385 e. The van der Waals surface area contributed by atoms with Crippen LogP contribution in [0.3, 0.4) is 0 Å². The fourth-order valence-electron chi connectivity index (χ4n) is 1.59. The zero-order valence-corrected chi connectivity index (χ0v) is 12.2. The van der Waals surface area contributed by atoms with Crippen molar-refractivity contribution in [2.45, 2.75) is 19.6 Å². The van der Waals surface area contributed by atoms with Gasteiger partial charge >= 0.3 is 0 Å². The summed E-state index contributed by atoms with van der Waals surface area (Å²) in [7, 11) is 5.44. The van der Waals surface area contributed by atoms with Gasteiger partial charge in [-0.25, -0.2) is 4.68 Å². The molecule has 0 aliphatic carbocycles. The van der Waals surface area contributed by atoms with Crippen molar-refractivity contribution in [3.8, 4) is 0 Å². The molecule has 1 heterocycles. The predicted octanol–water partition coefficient (Wildman–Crippen LogP) is 0.986. The average Bonchev–Trinajstić information content (AvgIpc) is 2.69. The summed E-state index contributed by atoms with van der Waals surface area (Å²) in [6, 6.07) is 0. The molecule has 0 N–H and O–H groups in total. The van der Waals surface area contributed by atoms with Gasteiger partial charge in [0.05, 0.1) is 13.3 Å². The third-order valence-corrected chi connectivity index (χ3v) is 3.04. The molecule has 0 aromatic carbocycles. The van der Waals surface area contributed by atoms with Gasteiger partial charge in [0.2, 0.25) is 0 Å². The molecule has 18 heavy (non-hydrogen) atoms. The molecule has 0 saturated carbocycles. The molecular weight excluding hydrogens is 252 g/mol. The molecule has 0 radical (unpaired) electrons. The largest absolute Gasteiger partial charge is 0.385 e. The highest BCUT2D eigenvalue weighted by molar-refractivity contribution is 7.71. The number of ether oxygens (including phenoxy) is 2. The van der Waals surface area contributed by atoms with Crippen LogP contribution >= 0.6 is 12.2 Å². The quantitative estimate of drug-likeness (QED) is 0.496. The average molecular weight is 274 g/mol. The number of methoxy groups -OCH3 is 2. The molecule has 0 fully saturated rings. The highest BCUT2D eigenvalue weighted by Crippen LogP contribution is 1.97. The SMILES string of the molecule is COCCCN(C)Cn1ncn(CCOC)c1=S. The van der Waals surface area contributed by atoms with Crippen molar-refractivity contribution >= 4 is 12.2 Å². The number of hydrogen-bond acceptors (Lipinski definition) is 5. The zero-order valence-electron chi connectivity index (χ0n) is 11.3. The molecule has 0 spiro atoms. The first kappa shape index (κ1) is 15.3. The Balaban J connectivity index is 2.46. The van der Waals surface area contributed by atoms with E-state index < -0.39 is 0 Å². The number of hydrogen-bond donors (Lipinski definition) is 0. The summed E-state index contributed by atoms with van der Waals surface area (Å²) < 4.78 is 14.5. The van der Waals surface area contributed by atoms with Crippen LogP contribution in [0.4, 0.5) is 0 Å². The fraction of sp³-hybridized carbons (Fsp3) is 0.818. The molecule has 0 bridgehead atoms. The Hall–Kier alpha value is -0.760. The Morgan fingerprint density at radius 3 is 2.72 bits per heavy atom. The summed E-state index contributed by atoms with van der Waals surface area (Å²) >= 11 is 5.35. The van der Waals surface area contributed by atoms with E-state index in [1.165, 1.54) is 0 Å². The van der Waals surface area contributed by atoms with Crippen molar-refractivity contribution in [3.63, 3.8) is 0 Å². The third kappa shape index (κ3) is 4.85. The van der Waals surface area contributed by atoms with E-state index in [1.807, 2.05) is 16.3 Å². The van der Waals surface area contributed by atoms with Crippen molar-refractivity contribution in [1.29, 1.82) is 0 Å². The molecule has 1 rings (SSSR count). The molecule has 104 valence electrons. The van der Waals surface area contributed by atoms with Crippen LogP contribution in [0, 0.1) is 4.77 Å². The lowest BCUT2D eigenvalue weighted by Gasteiger charge is -2.15. The highest BCUT2D eigenvalue weighted by atomic mass is 32.1. The second-order valence-corrected chi connectivity index (χ2v) is 4.53. The topological polar surface area (TPSA) is 44.5 Å². The van der Waals surface area contributed by atoms with Crippen molar-refractivity contribution in [2.75, 3.05) is 41.0 Å². The molecule has 0 aliphatic heterocycles. The van der Waals surface area contributed by atoms with Crippen molar-refractivity contribution in [3.05, 3.63) is 11.1 Å². The van der Waals surface area contributed by atoms with E-state index in [9.17, 15) is 0 Å². The van der Waals surface area contributed by atoms with Crippen LogP contribution in [0.5, 0.6) is 0 Å².